The lowest BCUT2D eigenvalue weighted by molar-refractivity contribution is 0.324. The van der Waals surface area contributed by atoms with E-state index in [1.165, 1.54) is 0 Å². The molecular formula is C14H17N3O2S2. The fourth-order valence-corrected chi connectivity index (χ4v) is 6.47. The first-order valence-electron chi connectivity index (χ1n) is 7.27. The quantitative estimate of drug-likeness (QED) is 0.805. The first-order chi connectivity index (χ1) is 10.1. The average molecular weight is 323 g/mol. The van der Waals surface area contributed by atoms with Crippen molar-refractivity contribution >= 4 is 37.2 Å². The van der Waals surface area contributed by atoms with Crippen molar-refractivity contribution in [3.05, 3.63) is 17.8 Å². The van der Waals surface area contributed by atoms with Crippen LogP contribution in [0.15, 0.2) is 17.8 Å². The van der Waals surface area contributed by atoms with E-state index in [9.17, 15) is 8.42 Å². The highest BCUT2D eigenvalue weighted by molar-refractivity contribution is 7.92. The summed E-state index contributed by atoms with van der Waals surface area (Å²) in [7, 11) is -2.99. The van der Waals surface area contributed by atoms with Crippen LogP contribution in [-0.2, 0) is 9.84 Å². The highest BCUT2D eigenvalue weighted by Crippen LogP contribution is 2.44. The first-order valence-corrected chi connectivity index (χ1v) is 9.80. The van der Waals surface area contributed by atoms with Crippen molar-refractivity contribution in [3.8, 4) is 0 Å². The van der Waals surface area contributed by atoms with Crippen molar-refractivity contribution in [2.75, 3.05) is 23.7 Å². The van der Waals surface area contributed by atoms with Crippen LogP contribution >= 0.6 is 11.3 Å². The zero-order chi connectivity index (χ0) is 14.5. The van der Waals surface area contributed by atoms with Crippen LogP contribution < -0.4 is 4.90 Å². The van der Waals surface area contributed by atoms with Gasteiger partial charge in [-0.25, -0.2) is 18.4 Å². The number of thiophene rings is 1. The molecular weight excluding hydrogens is 306 g/mol. The number of fused-ring (bicyclic) bond motifs is 1. The molecule has 2 aromatic heterocycles. The van der Waals surface area contributed by atoms with Crippen molar-refractivity contribution in [3.63, 3.8) is 0 Å². The Bertz CT molecular complexity index is 780. The van der Waals surface area contributed by atoms with Crippen molar-refractivity contribution in [1.82, 2.24) is 9.97 Å². The first kappa shape index (κ1) is 13.5. The molecule has 0 amide bonds. The monoisotopic (exact) mass is 323 g/mol. The molecule has 7 heteroatoms. The van der Waals surface area contributed by atoms with Crippen LogP contribution in [0.1, 0.15) is 25.7 Å². The normalized spacial score (nSPS) is 23.9. The van der Waals surface area contributed by atoms with Crippen molar-refractivity contribution in [2.45, 2.75) is 30.4 Å². The van der Waals surface area contributed by atoms with E-state index in [0.717, 1.165) is 48.3 Å². The molecule has 4 rings (SSSR count). The lowest BCUT2D eigenvalue weighted by Gasteiger charge is -2.40. The number of sulfone groups is 1. The van der Waals surface area contributed by atoms with Crippen LogP contribution in [0.25, 0.3) is 10.2 Å². The predicted octanol–water partition coefficient (Wildman–Crippen LogP) is 2.24. The zero-order valence-electron chi connectivity index (χ0n) is 11.7. The molecule has 1 aliphatic carbocycles. The number of hydrogen-bond donors (Lipinski definition) is 0. The Balaban J connectivity index is 1.70. The molecule has 5 nitrogen and oxygen atoms in total. The molecule has 0 unspecified atom stereocenters. The molecule has 1 saturated heterocycles. The second kappa shape index (κ2) is 4.64. The van der Waals surface area contributed by atoms with Crippen molar-refractivity contribution < 1.29 is 8.42 Å². The van der Waals surface area contributed by atoms with E-state index in [1.807, 2.05) is 11.4 Å². The third-order valence-electron chi connectivity index (χ3n) is 4.92. The maximum absolute atomic E-state index is 12.5. The average Bonchev–Trinajstić information content (AvgIpc) is 2.83. The maximum atomic E-state index is 12.5. The van der Waals surface area contributed by atoms with E-state index < -0.39 is 14.6 Å². The van der Waals surface area contributed by atoms with E-state index in [1.54, 1.807) is 17.7 Å². The number of rotatable bonds is 1. The van der Waals surface area contributed by atoms with E-state index in [-0.39, 0.29) is 5.75 Å². The zero-order valence-corrected chi connectivity index (χ0v) is 13.3. The van der Waals surface area contributed by atoms with Gasteiger partial charge in [0.25, 0.3) is 0 Å². The second-order valence-corrected chi connectivity index (χ2v) is 9.34. The largest absolute Gasteiger partial charge is 0.354 e. The Morgan fingerprint density at radius 1 is 1.19 bits per heavy atom. The van der Waals surface area contributed by atoms with Gasteiger partial charge >= 0.3 is 0 Å². The molecule has 1 spiro atoms. The Labute approximate surface area is 127 Å². The summed E-state index contributed by atoms with van der Waals surface area (Å²) in [6, 6.07) is 1.98. The third-order valence-corrected chi connectivity index (χ3v) is 8.47. The van der Waals surface area contributed by atoms with Gasteiger partial charge in [-0.15, -0.1) is 11.3 Å². The Morgan fingerprint density at radius 3 is 2.81 bits per heavy atom. The topological polar surface area (TPSA) is 63.2 Å². The molecule has 21 heavy (non-hydrogen) atoms. The van der Waals surface area contributed by atoms with Crippen LogP contribution in [0.3, 0.4) is 0 Å². The van der Waals surface area contributed by atoms with Crippen LogP contribution in [0, 0.1) is 0 Å². The molecule has 0 aromatic carbocycles. The Hall–Kier alpha value is -1.21. The summed E-state index contributed by atoms with van der Waals surface area (Å²) in [4.78, 5) is 10.8. The highest BCUT2D eigenvalue weighted by atomic mass is 32.2. The SMILES string of the molecule is O=S1(=O)CCN(c2ncnc3ccsc23)CCC12CCC2. The summed E-state index contributed by atoms with van der Waals surface area (Å²) in [5, 5.41) is 2.00. The lowest BCUT2D eigenvalue weighted by Crippen LogP contribution is -2.46. The van der Waals surface area contributed by atoms with Crippen LogP contribution in [0.2, 0.25) is 0 Å². The lowest BCUT2D eigenvalue weighted by atomic mass is 9.81. The molecule has 1 aliphatic heterocycles. The Kier molecular flexibility index (Phi) is 2.97. The van der Waals surface area contributed by atoms with Crippen LogP contribution in [0.4, 0.5) is 5.82 Å². The molecule has 0 N–H and O–H groups in total. The summed E-state index contributed by atoms with van der Waals surface area (Å²) in [5.74, 6) is 1.13. The van der Waals surface area contributed by atoms with E-state index in [2.05, 4.69) is 14.9 Å². The molecule has 112 valence electrons. The fraction of sp³-hybridized carbons (Fsp3) is 0.571. The molecule has 2 aliphatic rings. The standard InChI is InChI=1S/C14H17N3O2S2/c18-21(19)9-7-17(6-5-14(21)3-1-4-14)13-12-11(2-8-20-12)15-10-16-13/h2,8,10H,1,3-7,9H2. The minimum atomic E-state index is -2.99. The van der Waals surface area contributed by atoms with Gasteiger partial charge in [-0.3, -0.25) is 0 Å². The summed E-state index contributed by atoms with van der Waals surface area (Å²) >= 11 is 1.62. The molecule has 2 aromatic rings. The van der Waals surface area contributed by atoms with Gasteiger partial charge in [0.2, 0.25) is 0 Å². The van der Waals surface area contributed by atoms with Gasteiger partial charge in [0.15, 0.2) is 9.84 Å². The van der Waals surface area contributed by atoms with Gasteiger partial charge < -0.3 is 4.90 Å². The second-order valence-electron chi connectivity index (χ2n) is 5.92. The maximum Gasteiger partial charge on any atom is 0.157 e. The molecule has 2 fully saturated rings. The van der Waals surface area contributed by atoms with E-state index in [4.69, 9.17) is 0 Å². The minimum absolute atomic E-state index is 0.240. The van der Waals surface area contributed by atoms with E-state index in [0.29, 0.717) is 6.54 Å². The molecule has 3 heterocycles. The summed E-state index contributed by atoms with van der Waals surface area (Å²) in [6.45, 7) is 1.30. The number of aromatic nitrogens is 2. The Morgan fingerprint density at radius 2 is 2.05 bits per heavy atom. The summed E-state index contributed by atoms with van der Waals surface area (Å²) < 4.78 is 25.7. The van der Waals surface area contributed by atoms with Gasteiger partial charge in [0.05, 0.1) is 20.7 Å². The summed E-state index contributed by atoms with van der Waals surface area (Å²) in [6.07, 6.45) is 5.01. The van der Waals surface area contributed by atoms with Crippen LogP contribution in [-0.4, -0.2) is 42.0 Å². The number of anilines is 1. The van der Waals surface area contributed by atoms with Gasteiger partial charge in [0.1, 0.15) is 12.1 Å². The molecule has 0 bridgehead atoms. The van der Waals surface area contributed by atoms with Crippen molar-refractivity contribution in [2.24, 2.45) is 0 Å². The van der Waals surface area contributed by atoms with E-state index >= 15 is 0 Å². The van der Waals surface area contributed by atoms with Crippen molar-refractivity contribution in [1.29, 1.82) is 0 Å². The smallest absolute Gasteiger partial charge is 0.157 e. The fourth-order valence-electron chi connectivity index (χ4n) is 3.40. The van der Waals surface area contributed by atoms with Gasteiger partial charge in [-0.2, -0.15) is 0 Å². The number of nitrogens with zero attached hydrogens (tertiary/aromatic N) is 3. The van der Waals surface area contributed by atoms with Gasteiger partial charge in [0, 0.05) is 13.1 Å². The van der Waals surface area contributed by atoms with Gasteiger partial charge in [-0.1, -0.05) is 6.42 Å². The number of hydrogen-bond acceptors (Lipinski definition) is 6. The summed E-state index contributed by atoms with van der Waals surface area (Å²) in [5.41, 5.74) is 0.940. The highest BCUT2D eigenvalue weighted by Gasteiger charge is 2.49. The predicted molar refractivity (Wildman–Crippen MR) is 84.6 cm³/mol. The third kappa shape index (κ3) is 1.97. The van der Waals surface area contributed by atoms with Gasteiger partial charge in [-0.05, 0) is 30.7 Å². The molecule has 0 radical (unpaired) electrons. The minimum Gasteiger partial charge on any atom is -0.354 e. The van der Waals surface area contributed by atoms with Crippen LogP contribution in [0.5, 0.6) is 0 Å². The molecule has 1 saturated carbocycles. The molecule has 0 atom stereocenters.